The number of hydrogen-bond donors (Lipinski definition) is 1. The van der Waals surface area contributed by atoms with Gasteiger partial charge in [0.1, 0.15) is 0 Å². The van der Waals surface area contributed by atoms with Crippen molar-refractivity contribution in [1.82, 2.24) is 5.32 Å². The first kappa shape index (κ1) is 12.8. The molecule has 92 valence electrons. The van der Waals surface area contributed by atoms with Gasteiger partial charge in [0.05, 0.1) is 0 Å². The molecule has 1 heterocycles. The van der Waals surface area contributed by atoms with Gasteiger partial charge in [0.2, 0.25) is 0 Å². The molecular formula is C13H16INO2. The van der Waals surface area contributed by atoms with Gasteiger partial charge in [-0.25, -0.2) is 0 Å². The Hall–Kier alpha value is -0.620. The van der Waals surface area contributed by atoms with E-state index in [1.165, 1.54) is 0 Å². The third-order valence-corrected chi connectivity index (χ3v) is 3.62. The highest BCUT2D eigenvalue weighted by Crippen LogP contribution is 2.15. The fourth-order valence-corrected chi connectivity index (χ4v) is 2.48. The van der Waals surface area contributed by atoms with E-state index in [-0.39, 0.29) is 5.91 Å². The summed E-state index contributed by atoms with van der Waals surface area (Å²) < 4.78 is 6.38. The van der Waals surface area contributed by atoms with Crippen LogP contribution in [-0.2, 0) is 4.74 Å². The van der Waals surface area contributed by atoms with Crippen LogP contribution in [0.1, 0.15) is 23.2 Å². The van der Waals surface area contributed by atoms with Crippen molar-refractivity contribution in [3.63, 3.8) is 0 Å². The molecule has 0 aromatic heterocycles. The van der Waals surface area contributed by atoms with Crippen molar-refractivity contribution >= 4 is 28.5 Å². The summed E-state index contributed by atoms with van der Waals surface area (Å²) in [6.07, 6.45) is 2.13. The predicted molar refractivity (Wildman–Crippen MR) is 75.0 cm³/mol. The van der Waals surface area contributed by atoms with E-state index < -0.39 is 0 Å². The second-order valence-corrected chi connectivity index (χ2v) is 5.53. The van der Waals surface area contributed by atoms with Crippen LogP contribution in [0.4, 0.5) is 0 Å². The molecule has 1 saturated heterocycles. The number of hydrogen-bond acceptors (Lipinski definition) is 2. The van der Waals surface area contributed by atoms with Crippen LogP contribution in [0.15, 0.2) is 24.3 Å². The van der Waals surface area contributed by atoms with Crippen LogP contribution in [0.25, 0.3) is 0 Å². The van der Waals surface area contributed by atoms with E-state index in [0.29, 0.717) is 5.92 Å². The molecule has 0 spiro atoms. The van der Waals surface area contributed by atoms with Crippen molar-refractivity contribution in [2.24, 2.45) is 5.92 Å². The average molecular weight is 345 g/mol. The van der Waals surface area contributed by atoms with Crippen molar-refractivity contribution in [3.05, 3.63) is 33.4 Å². The summed E-state index contributed by atoms with van der Waals surface area (Å²) in [5, 5.41) is 2.96. The van der Waals surface area contributed by atoms with Gasteiger partial charge in [-0.15, -0.1) is 0 Å². The summed E-state index contributed by atoms with van der Waals surface area (Å²) in [5.41, 5.74) is 0.736. The number of carbonyl (C=O) groups excluding carboxylic acids is 1. The lowest BCUT2D eigenvalue weighted by molar-refractivity contribution is 0.0950. The van der Waals surface area contributed by atoms with Crippen molar-refractivity contribution in [2.45, 2.75) is 12.8 Å². The van der Waals surface area contributed by atoms with Crippen molar-refractivity contribution in [2.75, 3.05) is 19.8 Å². The summed E-state index contributed by atoms with van der Waals surface area (Å²) in [4.78, 5) is 11.8. The SMILES string of the molecule is O=C(NCCC1CCOC1)c1cccc(I)c1. The highest BCUT2D eigenvalue weighted by molar-refractivity contribution is 14.1. The molecule has 3 nitrogen and oxygen atoms in total. The molecule has 1 aromatic rings. The molecule has 2 rings (SSSR count). The van der Waals surface area contributed by atoms with E-state index in [1.807, 2.05) is 24.3 Å². The lowest BCUT2D eigenvalue weighted by atomic mass is 10.1. The number of rotatable bonds is 4. The maximum atomic E-state index is 11.8. The Bertz CT molecular complexity index is 389. The number of amides is 1. The standard InChI is InChI=1S/C13H16INO2/c14-12-3-1-2-11(8-12)13(16)15-6-4-10-5-7-17-9-10/h1-3,8,10H,4-7,9H2,(H,15,16). The highest BCUT2D eigenvalue weighted by Gasteiger charge is 2.15. The summed E-state index contributed by atoms with van der Waals surface area (Å²) >= 11 is 2.21. The Balaban J connectivity index is 1.77. The zero-order chi connectivity index (χ0) is 12.1. The lowest BCUT2D eigenvalue weighted by Gasteiger charge is -2.08. The Morgan fingerprint density at radius 1 is 1.53 bits per heavy atom. The van der Waals surface area contributed by atoms with Gasteiger partial charge in [-0.1, -0.05) is 6.07 Å². The molecular weight excluding hydrogens is 329 g/mol. The first-order valence-electron chi connectivity index (χ1n) is 5.87. The third-order valence-electron chi connectivity index (χ3n) is 2.95. The van der Waals surface area contributed by atoms with E-state index in [1.54, 1.807) is 0 Å². The zero-order valence-electron chi connectivity index (χ0n) is 9.62. The van der Waals surface area contributed by atoms with Gasteiger partial charge in [0.15, 0.2) is 0 Å². The Morgan fingerprint density at radius 3 is 3.12 bits per heavy atom. The van der Waals surface area contributed by atoms with Crippen LogP contribution < -0.4 is 5.32 Å². The minimum Gasteiger partial charge on any atom is -0.381 e. The highest BCUT2D eigenvalue weighted by atomic mass is 127. The summed E-state index contributed by atoms with van der Waals surface area (Å²) in [6, 6.07) is 7.62. The van der Waals surface area contributed by atoms with Crippen LogP contribution in [0.5, 0.6) is 0 Å². The van der Waals surface area contributed by atoms with Crippen molar-refractivity contribution < 1.29 is 9.53 Å². The quantitative estimate of drug-likeness (QED) is 0.852. The molecule has 0 bridgehead atoms. The van der Waals surface area contributed by atoms with Crippen LogP contribution in [0.3, 0.4) is 0 Å². The summed E-state index contributed by atoms with van der Waals surface area (Å²) in [6.45, 7) is 2.45. The van der Waals surface area contributed by atoms with Crippen LogP contribution >= 0.6 is 22.6 Å². The molecule has 1 atom stereocenters. The van der Waals surface area contributed by atoms with Gasteiger partial charge in [-0.3, -0.25) is 4.79 Å². The second-order valence-electron chi connectivity index (χ2n) is 4.28. The number of ether oxygens (including phenoxy) is 1. The normalized spacial score (nSPS) is 19.2. The predicted octanol–water partition coefficient (Wildman–Crippen LogP) is 2.45. The molecule has 1 amide bonds. The minimum absolute atomic E-state index is 0.0161. The summed E-state index contributed by atoms with van der Waals surface area (Å²) in [5.74, 6) is 0.633. The molecule has 1 unspecified atom stereocenters. The van der Waals surface area contributed by atoms with E-state index >= 15 is 0 Å². The van der Waals surface area contributed by atoms with Gasteiger partial charge >= 0.3 is 0 Å². The van der Waals surface area contributed by atoms with Gasteiger partial charge < -0.3 is 10.1 Å². The van der Waals surface area contributed by atoms with E-state index in [9.17, 15) is 4.79 Å². The van der Waals surface area contributed by atoms with Crippen molar-refractivity contribution in [1.29, 1.82) is 0 Å². The average Bonchev–Trinajstić information content (AvgIpc) is 2.82. The number of carbonyl (C=O) groups is 1. The zero-order valence-corrected chi connectivity index (χ0v) is 11.8. The minimum atomic E-state index is 0.0161. The Kier molecular flexibility index (Phi) is 4.79. The molecule has 1 fully saturated rings. The molecule has 1 aliphatic heterocycles. The van der Waals surface area contributed by atoms with Crippen LogP contribution in [0.2, 0.25) is 0 Å². The monoisotopic (exact) mass is 345 g/mol. The molecule has 1 aliphatic rings. The second kappa shape index (κ2) is 6.35. The molecule has 1 aromatic carbocycles. The molecule has 17 heavy (non-hydrogen) atoms. The molecule has 1 N–H and O–H groups in total. The molecule has 0 saturated carbocycles. The smallest absolute Gasteiger partial charge is 0.251 e. The number of benzene rings is 1. The van der Waals surface area contributed by atoms with Crippen LogP contribution in [0, 0.1) is 9.49 Å². The lowest BCUT2D eigenvalue weighted by Crippen LogP contribution is -2.26. The third kappa shape index (κ3) is 3.96. The molecule has 0 aliphatic carbocycles. The fourth-order valence-electron chi connectivity index (χ4n) is 1.93. The summed E-state index contributed by atoms with van der Waals surface area (Å²) in [7, 11) is 0. The van der Waals surface area contributed by atoms with E-state index in [0.717, 1.165) is 41.7 Å². The topological polar surface area (TPSA) is 38.3 Å². The van der Waals surface area contributed by atoms with Crippen LogP contribution in [-0.4, -0.2) is 25.7 Å². The molecule has 0 radical (unpaired) electrons. The maximum Gasteiger partial charge on any atom is 0.251 e. The number of nitrogens with one attached hydrogen (secondary N) is 1. The Labute approximate surface area is 115 Å². The van der Waals surface area contributed by atoms with E-state index in [4.69, 9.17) is 4.74 Å². The maximum absolute atomic E-state index is 11.8. The molecule has 4 heteroatoms. The van der Waals surface area contributed by atoms with Crippen molar-refractivity contribution in [3.8, 4) is 0 Å². The first-order valence-corrected chi connectivity index (χ1v) is 6.95. The van der Waals surface area contributed by atoms with Gasteiger partial charge in [-0.2, -0.15) is 0 Å². The fraction of sp³-hybridized carbons (Fsp3) is 0.462. The first-order chi connectivity index (χ1) is 8.25. The van der Waals surface area contributed by atoms with Gasteiger partial charge in [0, 0.05) is 28.9 Å². The number of halogens is 1. The van der Waals surface area contributed by atoms with E-state index in [2.05, 4.69) is 27.9 Å². The van der Waals surface area contributed by atoms with Gasteiger partial charge in [0.25, 0.3) is 5.91 Å². The van der Waals surface area contributed by atoms with Gasteiger partial charge in [-0.05, 0) is 59.5 Å². The Morgan fingerprint density at radius 2 is 2.41 bits per heavy atom. The largest absolute Gasteiger partial charge is 0.381 e.